The molecule has 7 heteroatoms. The van der Waals surface area contributed by atoms with Crippen LogP contribution in [-0.2, 0) is 4.74 Å². The Kier molecular flexibility index (Phi) is 2.66. The smallest absolute Gasteiger partial charge is 0.343 e. The van der Waals surface area contributed by atoms with Gasteiger partial charge < -0.3 is 9.84 Å². The van der Waals surface area contributed by atoms with Crippen molar-refractivity contribution >= 4 is 23.2 Å². The van der Waals surface area contributed by atoms with Gasteiger partial charge >= 0.3 is 5.97 Å². The summed E-state index contributed by atoms with van der Waals surface area (Å²) < 4.78 is 6.03. The Morgan fingerprint density at radius 1 is 1.69 bits per heavy atom. The van der Waals surface area contributed by atoms with Crippen LogP contribution in [0.1, 0.15) is 17.3 Å². The highest BCUT2D eigenvalue weighted by Gasteiger charge is 2.17. The fraction of sp³-hybridized carbons (Fsp3) is 0.222. The number of hydrogen-bond donors (Lipinski definition) is 1. The zero-order chi connectivity index (χ0) is 11.7. The lowest BCUT2D eigenvalue weighted by Gasteiger charge is -2.03. The molecule has 0 unspecified atom stereocenters. The quantitative estimate of drug-likeness (QED) is 0.801. The average molecular weight is 242 g/mol. The molecule has 0 atom stereocenters. The first-order chi connectivity index (χ1) is 7.63. The van der Waals surface area contributed by atoms with Crippen molar-refractivity contribution in [2.24, 2.45) is 0 Å². The predicted octanol–water partition coefficient (Wildman–Crippen LogP) is 1.26. The van der Waals surface area contributed by atoms with Gasteiger partial charge in [-0.15, -0.1) is 0 Å². The van der Waals surface area contributed by atoms with Gasteiger partial charge in [-0.05, 0) is 6.92 Å². The molecule has 16 heavy (non-hydrogen) atoms. The van der Waals surface area contributed by atoms with Crippen LogP contribution >= 0.6 is 11.6 Å². The van der Waals surface area contributed by atoms with Crippen LogP contribution in [0.15, 0.2) is 12.4 Å². The molecule has 0 aromatic carbocycles. The third-order valence-corrected chi connectivity index (χ3v) is 2.11. The first kappa shape index (κ1) is 10.7. The Morgan fingerprint density at radius 3 is 3.12 bits per heavy atom. The number of nitrogens with zero attached hydrogens (tertiary/aromatic N) is 3. The van der Waals surface area contributed by atoms with Crippen molar-refractivity contribution in [1.82, 2.24) is 14.6 Å². The van der Waals surface area contributed by atoms with Gasteiger partial charge in [-0.2, -0.15) is 5.10 Å². The first-order valence-electron chi connectivity index (χ1n) is 4.53. The van der Waals surface area contributed by atoms with Gasteiger partial charge in [0.15, 0.2) is 11.4 Å². The van der Waals surface area contributed by atoms with Gasteiger partial charge in [-0.1, -0.05) is 11.6 Å². The van der Waals surface area contributed by atoms with Crippen molar-refractivity contribution in [2.45, 2.75) is 6.92 Å². The summed E-state index contributed by atoms with van der Waals surface area (Å²) in [7, 11) is 0. The second kappa shape index (κ2) is 3.97. The molecule has 0 saturated carbocycles. The van der Waals surface area contributed by atoms with Crippen LogP contribution < -0.4 is 0 Å². The van der Waals surface area contributed by atoms with E-state index in [0.29, 0.717) is 0 Å². The third kappa shape index (κ3) is 1.67. The van der Waals surface area contributed by atoms with Crippen molar-refractivity contribution in [3.8, 4) is 5.75 Å². The summed E-state index contributed by atoms with van der Waals surface area (Å²) in [6, 6.07) is 0. The van der Waals surface area contributed by atoms with E-state index in [4.69, 9.17) is 16.3 Å². The second-order valence-corrected chi connectivity index (χ2v) is 3.35. The molecule has 0 amide bonds. The fourth-order valence-electron chi connectivity index (χ4n) is 1.25. The van der Waals surface area contributed by atoms with Gasteiger partial charge in [-0.3, -0.25) is 0 Å². The van der Waals surface area contributed by atoms with Crippen molar-refractivity contribution < 1.29 is 14.6 Å². The van der Waals surface area contributed by atoms with Crippen LogP contribution in [0.5, 0.6) is 5.75 Å². The van der Waals surface area contributed by atoms with Gasteiger partial charge in [0.05, 0.1) is 19.0 Å². The molecule has 0 spiro atoms. The number of carbonyl (C=O) groups is 1. The summed E-state index contributed by atoms with van der Waals surface area (Å²) in [6.07, 6.45) is 2.63. The van der Waals surface area contributed by atoms with Gasteiger partial charge in [-0.25, -0.2) is 14.3 Å². The van der Waals surface area contributed by atoms with E-state index >= 15 is 0 Å². The number of hydrogen-bond acceptors (Lipinski definition) is 5. The average Bonchev–Trinajstić information content (AvgIpc) is 2.60. The number of aromatic nitrogens is 3. The molecule has 6 nitrogen and oxygen atoms in total. The van der Waals surface area contributed by atoms with Gasteiger partial charge in [0.25, 0.3) is 0 Å². The summed E-state index contributed by atoms with van der Waals surface area (Å²) in [6.45, 7) is 1.89. The number of fused-ring (bicyclic) bond motifs is 1. The standard InChI is InChI=1S/C9H8ClN3O3/c1-2-16-9(15)5-3-11-13-4-6(10)12-8(13)7(5)14/h3-4,14H,2H2,1H3. The molecular weight excluding hydrogens is 234 g/mol. The van der Waals surface area contributed by atoms with Crippen LogP contribution in [0, 0.1) is 0 Å². The van der Waals surface area contributed by atoms with E-state index in [-0.39, 0.29) is 28.7 Å². The minimum absolute atomic E-state index is 0.0309. The first-order valence-corrected chi connectivity index (χ1v) is 4.91. The predicted molar refractivity (Wildman–Crippen MR) is 55.6 cm³/mol. The van der Waals surface area contributed by atoms with Crippen LogP contribution in [0.4, 0.5) is 0 Å². The number of carbonyl (C=O) groups excluding carboxylic acids is 1. The molecule has 0 fully saturated rings. The number of halogens is 1. The zero-order valence-corrected chi connectivity index (χ0v) is 9.10. The lowest BCUT2D eigenvalue weighted by molar-refractivity contribution is 0.0522. The van der Waals surface area contributed by atoms with Crippen molar-refractivity contribution in [2.75, 3.05) is 6.61 Å². The lowest BCUT2D eigenvalue weighted by atomic mass is 10.3. The molecule has 1 N–H and O–H groups in total. The highest BCUT2D eigenvalue weighted by atomic mass is 35.5. The summed E-state index contributed by atoms with van der Waals surface area (Å²) in [5.74, 6) is -0.936. The number of ether oxygens (including phenoxy) is 1. The summed E-state index contributed by atoms with van der Waals surface area (Å²) in [5.41, 5.74) is 0.0900. The molecule has 2 heterocycles. The molecule has 0 radical (unpaired) electrons. The normalized spacial score (nSPS) is 10.6. The molecule has 2 aromatic heterocycles. The van der Waals surface area contributed by atoms with E-state index in [1.165, 1.54) is 16.9 Å². The summed E-state index contributed by atoms with van der Waals surface area (Å²) >= 11 is 5.65. The van der Waals surface area contributed by atoms with Crippen molar-refractivity contribution in [3.63, 3.8) is 0 Å². The Bertz CT molecular complexity index is 552. The Balaban J connectivity index is 2.55. The Labute approximate surface area is 95.4 Å². The SMILES string of the molecule is CCOC(=O)c1cnn2cc(Cl)nc2c1O. The van der Waals surface area contributed by atoms with Crippen molar-refractivity contribution in [1.29, 1.82) is 0 Å². The van der Waals surface area contributed by atoms with Crippen LogP contribution in [0.3, 0.4) is 0 Å². The molecule has 0 bridgehead atoms. The summed E-state index contributed by atoms with van der Waals surface area (Å²) in [5, 5.41) is 13.8. The molecule has 2 rings (SSSR count). The maximum atomic E-state index is 11.4. The van der Waals surface area contributed by atoms with E-state index in [1.54, 1.807) is 6.92 Å². The lowest BCUT2D eigenvalue weighted by Crippen LogP contribution is -2.07. The Hall–Kier alpha value is -1.82. The molecule has 84 valence electrons. The molecular formula is C9H8ClN3O3. The minimum atomic E-state index is -0.644. The number of esters is 1. The number of rotatable bonds is 2. The van der Waals surface area contributed by atoms with Gasteiger partial charge in [0.2, 0.25) is 0 Å². The molecule has 0 aliphatic carbocycles. The molecule has 0 saturated heterocycles. The molecule has 0 aliphatic rings. The monoisotopic (exact) mass is 241 g/mol. The van der Waals surface area contributed by atoms with E-state index in [0.717, 1.165) is 0 Å². The highest BCUT2D eigenvalue weighted by Crippen LogP contribution is 2.23. The summed E-state index contributed by atoms with van der Waals surface area (Å²) in [4.78, 5) is 15.2. The van der Waals surface area contributed by atoms with Crippen molar-refractivity contribution in [3.05, 3.63) is 23.1 Å². The van der Waals surface area contributed by atoms with E-state index in [1.807, 2.05) is 0 Å². The Morgan fingerprint density at radius 2 is 2.44 bits per heavy atom. The maximum Gasteiger partial charge on any atom is 0.343 e. The minimum Gasteiger partial charge on any atom is -0.504 e. The van der Waals surface area contributed by atoms with Gasteiger partial charge in [0, 0.05) is 0 Å². The van der Waals surface area contributed by atoms with Crippen LogP contribution in [0.25, 0.3) is 5.65 Å². The van der Waals surface area contributed by atoms with Gasteiger partial charge in [0.1, 0.15) is 10.7 Å². The third-order valence-electron chi connectivity index (χ3n) is 1.93. The fourth-order valence-corrected chi connectivity index (χ4v) is 1.43. The van der Waals surface area contributed by atoms with E-state index in [9.17, 15) is 9.90 Å². The second-order valence-electron chi connectivity index (χ2n) is 2.96. The highest BCUT2D eigenvalue weighted by molar-refractivity contribution is 6.29. The van der Waals surface area contributed by atoms with E-state index < -0.39 is 5.97 Å². The van der Waals surface area contributed by atoms with Crippen LogP contribution in [-0.4, -0.2) is 32.3 Å². The zero-order valence-electron chi connectivity index (χ0n) is 8.35. The van der Waals surface area contributed by atoms with Crippen LogP contribution in [0.2, 0.25) is 5.15 Å². The topological polar surface area (TPSA) is 76.7 Å². The van der Waals surface area contributed by atoms with E-state index in [2.05, 4.69) is 10.1 Å². The number of imidazole rings is 1. The maximum absolute atomic E-state index is 11.4. The molecule has 0 aliphatic heterocycles. The largest absolute Gasteiger partial charge is 0.504 e. The number of aromatic hydroxyl groups is 1. The molecule has 2 aromatic rings.